The van der Waals surface area contributed by atoms with E-state index in [-0.39, 0.29) is 4.47 Å². The third-order valence-corrected chi connectivity index (χ3v) is 2.10. The predicted molar refractivity (Wildman–Crippen MR) is 48.6 cm³/mol. The molecule has 0 amide bonds. The zero-order valence-corrected chi connectivity index (χ0v) is 8.72. The average Bonchev–Trinajstić information content (AvgIpc) is 2.07. The Morgan fingerprint density at radius 2 is 1.73 bits per heavy atom. The largest absolute Gasteiger partial charge is 0.405 e. The molecular weight excluding hydrogens is 285 g/mol. The molecule has 0 spiro atoms. The van der Waals surface area contributed by atoms with Crippen LogP contribution in [0.4, 0.5) is 27.6 Å². The normalized spacial score (nSPS) is 11.6. The van der Waals surface area contributed by atoms with Gasteiger partial charge in [0.15, 0.2) is 0 Å². The van der Waals surface area contributed by atoms with E-state index in [9.17, 15) is 22.0 Å². The van der Waals surface area contributed by atoms with Crippen LogP contribution >= 0.6 is 15.9 Å². The quantitative estimate of drug-likeness (QED) is 0.647. The minimum atomic E-state index is -4.45. The van der Waals surface area contributed by atoms with Gasteiger partial charge in [0.25, 0.3) is 0 Å². The first kappa shape index (κ1) is 12.2. The van der Waals surface area contributed by atoms with Crippen molar-refractivity contribution in [3.63, 3.8) is 0 Å². The molecule has 0 bridgehead atoms. The summed E-state index contributed by atoms with van der Waals surface area (Å²) >= 11 is 2.74. The Balaban J connectivity index is 2.82. The van der Waals surface area contributed by atoms with Gasteiger partial charge in [-0.05, 0) is 22.0 Å². The van der Waals surface area contributed by atoms with Crippen LogP contribution in [0.15, 0.2) is 16.6 Å². The molecule has 0 fully saturated rings. The summed E-state index contributed by atoms with van der Waals surface area (Å²) in [5.74, 6) is -1.94. The first-order valence-corrected chi connectivity index (χ1v) is 4.54. The molecule has 0 aliphatic heterocycles. The number of nitrogens with one attached hydrogen (secondary N) is 1. The molecule has 1 N–H and O–H groups in total. The third-order valence-electron chi connectivity index (χ3n) is 1.49. The van der Waals surface area contributed by atoms with Crippen molar-refractivity contribution in [1.82, 2.24) is 0 Å². The first-order chi connectivity index (χ1) is 6.79. The SMILES string of the molecule is Fc1cc(F)c(NCC(F)(F)F)cc1Br. The highest BCUT2D eigenvalue weighted by Gasteiger charge is 2.27. The van der Waals surface area contributed by atoms with Crippen LogP contribution in [-0.4, -0.2) is 12.7 Å². The zero-order valence-electron chi connectivity index (χ0n) is 7.13. The van der Waals surface area contributed by atoms with E-state index in [0.29, 0.717) is 6.07 Å². The van der Waals surface area contributed by atoms with Crippen molar-refractivity contribution in [1.29, 1.82) is 0 Å². The van der Waals surface area contributed by atoms with Gasteiger partial charge < -0.3 is 5.32 Å². The van der Waals surface area contributed by atoms with E-state index < -0.39 is 30.0 Å². The Hall–Kier alpha value is -0.850. The van der Waals surface area contributed by atoms with Crippen LogP contribution in [0.1, 0.15) is 0 Å². The maximum absolute atomic E-state index is 12.9. The summed E-state index contributed by atoms with van der Waals surface area (Å²) in [6, 6.07) is 1.42. The highest BCUT2D eigenvalue weighted by Crippen LogP contribution is 2.25. The number of halogens is 6. The maximum atomic E-state index is 12.9. The summed E-state index contributed by atoms with van der Waals surface area (Å²) in [6.07, 6.45) is -4.45. The Morgan fingerprint density at radius 1 is 1.13 bits per heavy atom. The highest BCUT2D eigenvalue weighted by molar-refractivity contribution is 9.10. The predicted octanol–water partition coefficient (Wildman–Crippen LogP) is 3.70. The summed E-state index contributed by atoms with van der Waals surface area (Å²) in [7, 11) is 0. The molecular formula is C8H5BrF5N. The minimum Gasteiger partial charge on any atom is -0.374 e. The topological polar surface area (TPSA) is 12.0 Å². The molecule has 0 aliphatic carbocycles. The van der Waals surface area contributed by atoms with Gasteiger partial charge in [0.05, 0.1) is 10.2 Å². The van der Waals surface area contributed by atoms with Gasteiger partial charge in [-0.15, -0.1) is 0 Å². The summed E-state index contributed by atoms with van der Waals surface area (Å²) < 4.78 is 60.9. The average molecular weight is 290 g/mol. The molecule has 0 atom stereocenters. The van der Waals surface area contributed by atoms with Gasteiger partial charge in [0, 0.05) is 6.07 Å². The van der Waals surface area contributed by atoms with Gasteiger partial charge in [-0.3, -0.25) is 0 Å². The molecule has 0 saturated heterocycles. The number of alkyl halides is 3. The lowest BCUT2D eigenvalue weighted by Crippen LogP contribution is -2.21. The second-order valence-electron chi connectivity index (χ2n) is 2.71. The molecule has 0 aromatic heterocycles. The van der Waals surface area contributed by atoms with Crippen molar-refractivity contribution in [3.8, 4) is 0 Å². The van der Waals surface area contributed by atoms with Gasteiger partial charge in [-0.1, -0.05) is 0 Å². The second-order valence-corrected chi connectivity index (χ2v) is 3.57. The summed E-state index contributed by atoms with van der Waals surface area (Å²) in [4.78, 5) is 0. The fourth-order valence-corrected chi connectivity index (χ4v) is 1.20. The molecule has 1 aromatic rings. The van der Waals surface area contributed by atoms with E-state index in [1.54, 1.807) is 0 Å². The zero-order chi connectivity index (χ0) is 11.6. The number of rotatable bonds is 2. The van der Waals surface area contributed by atoms with E-state index in [1.807, 2.05) is 5.32 Å². The van der Waals surface area contributed by atoms with Gasteiger partial charge in [0.2, 0.25) is 0 Å². The van der Waals surface area contributed by atoms with E-state index in [1.165, 1.54) is 0 Å². The monoisotopic (exact) mass is 289 g/mol. The van der Waals surface area contributed by atoms with Crippen molar-refractivity contribution < 1.29 is 22.0 Å². The molecule has 1 nitrogen and oxygen atoms in total. The van der Waals surface area contributed by atoms with Crippen LogP contribution in [0.25, 0.3) is 0 Å². The Labute approximate surface area is 90.4 Å². The van der Waals surface area contributed by atoms with Crippen LogP contribution < -0.4 is 5.32 Å². The van der Waals surface area contributed by atoms with Crippen LogP contribution in [0.5, 0.6) is 0 Å². The lowest BCUT2D eigenvalue weighted by Gasteiger charge is -2.10. The lowest BCUT2D eigenvalue weighted by atomic mass is 10.3. The Morgan fingerprint density at radius 3 is 2.27 bits per heavy atom. The van der Waals surface area contributed by atoms with Crippen molar-refractivity contribution >= 4 is 21.6 Å². The van der Waals surface area contributed by atoms with Gasteiger partial charge in [0.1, 0.15) is 18.2 Å². The molecule has 0 aliphatic rings. The fraction of sp³-hybridized carbons (Fsp3) is 0.250. The molecule has 0 heterocycles. The van der Waals surface area contributed by atoms with Crippen molar-refractivity contribution in [2.45, 2.75) is 6.18 Å². The van der Waals surface area contributed by atoms with E-state index >= 15 is 0 Å². The lowest BCUT2D eigenvalue weighted by molar-refractivity contribution is -0.115. The van der Waals surface area contributed by atoms with Gasteiger partial charge in [-0.25, -0.2) is 8.78 Å². The van der Waals surface area contributed by atoms with E-state index in [2.05, 4.69) is 15.9 Å². The summed E-state index contributed by atoms with van der Waals surface area (Å²) in [6.45, 7) is -1.37. The smallest absolute Gasteiger partial charge is 0.374 e. The molecule has 15 heavy (non-hydrogen) atoms. The van der Waals surface area contributed by atoms with Crippen LogP contribution in [0, 0.1) is 11.6 Å². The maximum Gasteiger partial charge on any atom is 0.405 e. The van der Waals surface area contributed by atoms with Crippen LogP contribution in [0.3, 0.4) is 0 Å². The molecule has 0 saturated carbocycles. The van der Waals surface area contributed by atoms with Gasteiger partial charge in [-0.2, -0.15) is 13.2 Å². The molecule has 1 aromatic carbocycles. The molecule has 0 radical (unpaired) electrons. The van der Waals surface area contributed by atoms with E-state index in [0.717, 1.165) is 6.07 Å². The molecule has 84 valence electrons. The summed E-state index contributed by atoms with van der Waals surface area (Å²) in [5.41, 5.74) is -0.402. The first-order valence-electron chi connectivity index (χ1n) is 3.75. The van der Waals surface area contributed by atoms with Gasteiger partial charge >= 0.3 is 6.18 Å². The second kappa shape index (κ2) is 4.34. The van der Waals surface area contributed by atoms with Crippen molar-refractivity contribution in [2.75, 3.05) is 11.9 Å². The fourth-order valence-electron chi connectivity index (χ4n) is 0.853. The Bertz CT molecular complexity index is 363. The minimum absolute atomic E-state index is 0.103. The standard InChI is InChI=1S/C8H5BrF5N/c9-4-1-7(6(11)2-5(4)10)15-3-8(12,13)14/h1-2,15H,3H2. The third kappa shape index (κ3) is 3.65. The number of hydrogen-bond donors (Lipinski definition) is 1. The van der Waals surface area contributed by atoms with Crippen LogP contribution in [-0.2, 0) is 0 Å². The summed E-state index contributed by atoms with van der Waals surface area (Å²) in [5, 5.41) is 1.82. The molecule has 1 rings (SSSR count). The number of anilines is 1. The van der Waals surface area contributed by atoms with E-state index in [4.69, 9.17) is 0 Å². The van der Waals surface area contributed by atoms with Crippen molar-refractivity contribution in [2.24, 2.45) is 0 Å². The number of hydrogen-bond acceptors (Lipinski definition) is 1. The Kier molecular flexibility index (Phi) is 3.54. The number of benzene rings is 1. The van der Waals surface area contributed by atoms with Crippen molar-refractivity contribution in [3.05, 3.63) is 28.2 Å². The van der Waals surface area contributed by atoms with Crippen LogP contribution in [0.2, 0.25) is 0 Å². The molecule has 0 unspecified atom stereocenters. The molecule has 7 heteroatoms. The highest BCUT2D eigenvalue weighted by atomic mass is 79.9.